The second-order valence-electron chi connectivity index (χ2n) is 10.00. The maximum absolute atomic E-state index is 13.0. The first kappa shape index (κ1) is 28.1. The highest BCUT2D eigenvalue weighted by molar-refractivity contribution is 5.92. The van der Waals surface area contributed by atoms with Crippen molar-refractivity contribution in [2.45, 2.75) is 85.0 Å². The van der Waals surface area contributed by atoms with Crippen LogP contribution < -0.4 is 16.0 Å². The fraction of sp³-hybridized carbons (Fsp3) is 0.600. The van der Waals surface area contributed by atoms with Gasteiger partial charge < -0.3 is 25.5 Å². The Morgan fingerprint density at radius 3 is 2.03 bits per heavy atom. The number of carbonyl (C=O) groups excluding carboxylic acids is 4. The molecule has 184 valence electrons. The van der Waals surface area contributed by atoms with Gasteiger partial charge in [0.1, 0.15) is 24.0 Å². The Morgan fingerprint density at radius 1 is 0.939 bits per heavy atom. The number of alkyl carbamates (subject to hydrolysis) is 1. The molecule has 33 heavy (non-hydrogen) atoms. The van der Waals surface area contributed by atoms with Crippen LogP contribution in [0.3, 0.4) is 0 Å². The lowest BCUT2D eigenvalue weighted by molar-refractivity contribution is -0.131. The van der Waals surface area contributed by atoms with Crippen LogP contribution in [-0.4, -0.2) is 47.9 Å². The Morgan fingerprint density at radius 2 is 1.55 bits per heavy atom. The van der Waals surface area contributed by atoms with Crippen LogP contribution in [0.15, 0.2) is 30.3 Å². The summed E-state index contributed by atoms with van der Waals surface area (Å²) in [5.41, 5.74) is 0.214. The average molecular weight is 462 g/mol. The van der Waals surface area contributed by atoms with Crippen LogP contribution in [0, 0.1) is 11.8 Å². The number of aldehydes is 1. The van der Waals surface area contributed by atoms with Gasteiger partial charge >= 0.3 is 6.09 Å². The van der Waals surface area contributed by atoms with E-state index in [4.69, 9.17) is 4.74 Å². The molecular weight excluding hydrogens is 422 g/mol. The van der Waals surface area contributed by atoms with Crippen molar-refractivity contribution < 1.29 is 23.9 Å². The van der Waals surface area contributed by atoms with E-state index >= 15 is 0 Å². The summed E-state index contributed by atoms with van der Waals surface area (Å²) < 4.78 is 5.26. The van der Waals surface area contributed by atoms with Crippen molar-refractivity contribution in [2.75, 3.05) is 0 Å². The number of amides is 3. The van der Waals surface area contributed by atoms with E-state index < -0.39 is 41.6 Å². The van der Waals surface area contributed by atoms with Gasteiger partial charge in [-0.05, 0) is 51.0 Å². The largest absolute Gasteiger partial charge is 0.444 e. The van der Waals surface area contributed by atoms with Crippen molar-refractivity contribution in [1.29, 1.82) is 0 Å². The molecular formula is C25H39N3O5. The van der Waals surface area contributed by atoms with Gasteiger partial charge in [-0.1, -0.05) is 58.0 Å². The smallest absolute Gasteiger partial charge is 0.408 e. The maximum atomic E-state index is 13.0. The highest BCUT2D eigenvalue weighted by Gasteiger charge is 2.31. The zero-order valence-corrected chi connectivity index (χ0v) is 20.8. The number of carbonyl (C=O) groups is 4. The minimum Gasteiger partial charge on any atom is -0.444 e. The van der Waals surface area contributed by atoms with Gasteiger partial charge in [0.2, 0.25) is 11.8 Å². The summed E-state index contributed by atoms with van der Waals surface area (Å²) in [5.74, 6) is -1.05. The summed E-state index contributed by atoms with van der Waals surface area (Å²) in [4.78, 5) is 49.8. The molecule has 0 aliphatic rings. The van der Waals surface area contributed by atoms with Crippen LogP contribution in [0.4, 0.5) is 4.79 Å². The Bertz CT molecular complexity index is 787. The third kappa shape index (κ3) is 11.0. The maximum Gasteiger partial charge on any atom is 0.408 e. The van der Waals surface area contributed by atoms with E-state index in [1.54, 1.807) is 34.6 Å². The van der Waals surface area contributed by atoms with Gasteiger partial charge in [-0.3, -0.25) is 9.59 Å². The van der Waals surface area contributed by atoms with Crippen molar-refractivity contribution in [3.63, 3.8) is 0 Å². The molecule has 1 aromatic rings. The van der Waals surface area contributed by atoms with Crippen molar-refractivity contribution in [2.24, 2.45) is 11.8 Å². The minimum atomic E-state index is -0.881. The molecule has 0 spiro atoms. The first-order valence-corrected chi connectivity index (χ1v) is 11.4. The predicted octanol–water partition coefficient (Wildman–Crippen LogP) is 2.99. The first-order chi connectivity index (χ1) is 15.3. The number of hydrogen-bond donors (Lipinski definition) is 3. The van der Waals surface area contributed by atoms with Crippen LogP contribution >= 0.6 is 0 Å². The number of hydrogen-bond acceptors (Lipinski definition) is 5. The highest BCUT2D eigenvalue weighted by atomic mass is 16.6. The molecule has 0 aliphatic heterocycles. The molecule has 8 nitrogen and oxygen atoms in total. The summed E-state index contributed by atoms with van der Waals surface area (Å²) in [6, 6.07) is 6.92. The topological polar surface area (TPSA) is 114 Å². The van der Waals surface area contributed by atoms with E-state index in [-0.39, 0.29) is 11.8 Å². The third-order valence-corrected chi connectivity index (χ3v) is 4.75. The Hall–Kier alpha value is -2.90. The molecule has 0 heterocycles. The second kappa shape index (κ2) is 13.0. The van der Waals surface area contributed by atoms with Crippen LogP contribution in [0.1, 0.15) is 60.5 Å². The summed E-state index contributed by atoms with van der Waals surface area (Å²) in [6.45, 7) is 12.7. The summed E-state index contributed by atoms with van der Waals surface area (Å²) >= 11 is 0. The summed E-state index contributed by atoms with van der Waals surface area (Å²) in [5, 5.41) is 8.08. The van der Waals surface area contributed by atoms with Crippen LogP contribution in [0.25, 0.3) is 0 Å². The van der Waals surface area contributed by atoms with E-state index in [1.165, 1.54) is 0 Å². The average Bonchev–Trinajstić information content (AvgIpc) is 2.69. The normalized spacial score (nSPS) is 14.2. The molecule has 0 bridgehead atoms. The monoisotopic (exact) mass is 461 g/mol. The lowest BCUT2D eigenvalue weighted by Gasteiger charge is -2.28. The number of ether oxygens (including phenoxy) is 1. The zero-order chi connectivity index (χ0) is 25.2. The van der Waals surface area contributed by atoms with Gasteiger partial charge in [0, 0.05) is 0 Å². The van der Waals surface area contributed by atoms with Gasteiger partial charge in [-0.25, -0.2) is 4.79 Å². The minimum absolute atomic E-state index is 0.112. The van der Waals surface area contributed by atoms with E-state index in [2.05, 4.69) is 16.0 Å². The molecule has 0 aliphatic carbocycles. The molecule has 0 radical (unpaired) electrons. The molecule has 0 fully saturated rings. The molecule has 0 saturated carbocycles. The van der Waals surface area contributed by atoms with E-state index in [0.29, 0.717) is 19.1 Å². The number of benzene rings is 1. The van der Waals surface area contributed by atoms with Crippen molar-refractivity contribution in [3.8, 4) is 0 Å². The van der Waals surface area contributed by atoms with Gasteiger partial charge in [-0.15, -0.1) is 0 Å². The SMILES string of the molecule is CC(C)C[C@H](NC(=O)[C@@H](NC(=O)OC(C)(C)C)C(C)C)C(=O)N[C@H](C=O)Cc1ccccc1. The molecule has 0 unspecified atom stereocenters. The third-order valence-electron chi connectivity index (χ3n) is 4.75. The Balaban J connectivity index is 2.89. The van der Waals surface area contributed by atoms with Crippen molar-refractivity contribution in [3.05, 3.63) is 35.9 Å². The summed E-state index contributed by atoms with van der Waals surface area (Å²) in [6.07, 6.45) is 0.726. The Labute approximate surface area is 197 Å². The first-order valence-electron chi connectivity index (χ1n) is 11.4. The van der Waals surface area contributed by atoms with Gasteiger partial charge in [0.05, 0.1) is 6.04 Å². The van der Waals surface area contributed by atoms with Gasteiger partial charge in [-0.2, -0.15) is 0 Å². The molecule has 1 aromatic carbocycles. The van der Waals surface area contributed by atoms with Crippen LogP contribution in [0.5, 0.6) is 0 Å². The predicted molar refractivity (Wildman–Crippen MR) is 128 cm³/mol. The number of rotatable bonds is 11. The van der Waals surface area contributed by atoms with E-state index in [0.717, 1.165) is 5.56 Å². The molecule has 1 rings (SSSR count). The van der Waals surface area contributed by atoms with Crippen molar-refractivity contribution >= 4 is 24.2 Å². The lowest BCUT2D eigenvalue weighted by atomic mass is 9.99. The van der Waals surface area contributed by atoms with Crippen LogP contribution in [0.2, 0.25) is 0 Å². The Kier molecular flexibility index (Phi) is 11.1. The van der Waals surface area contributed by atoms with E-state index in [1.807, 2.05) is 44.2 Å². The van der Waals surface area contributed by atoms with Gasteiger partial charge in [0.25, 0.3) is 0 Å². The molecule has 3 atom stereocenters. The number of nitrogens with one attached hydrogen (secondary N) is 3. The highest BCUT2D eigenvalue weighted by Crippen LogP contribution is 2.11. The molecule has 3 amide bonds. The summed E-state index contributed by atoms with van der Waals surface area (Å²) in [7, 11) is 0. The second-order valence-corrected chi connectivity index (χ2v) is 10.00. The molecule has 0 saturated heterocycles. The molecule has 0 aromatic heterocycles. The zero-order valence-electron chi connectivity index (χ0n) is 20.8. The quantitative estimate of drug-likeness (QED) is 0.439. The lowest BCUT2D eigenvalue weighted by Crippen LogP contribution is -2.57. The molecule has 8 heteroatoms. The fourth-order valence-electron chi connectivity index (χ4n) is 3.22. The van der Waals surface area contributed by atoms with E-state index in [9.17, 15) is 19.2 Å². The van der Waals surface area contributed by atoms with Crippen molar-refractivity contribution in [1.82, 2.24) is 16.0 Å². The fourth-order valence-corrected chi connectivity index (χ4v) is 3.22. The van der Waals surface area contributed by atoms with Gasteiger partial charge in [0.15, 0.2) is 0 Å². The molecule has 3 N–H and O–H groups in total. The van der Waals surface area contributed by atoms with Crippen LogP contribution in [-0.2, 0) is 25.5 Å². The standard InChI is InChI=1S/C25H39N3O5/c1-16(2)13-20(22(30)26-19(15-29)14-18-11-9-8-10-12-18)27-23(31)21(17(3)4)28-24(32)33-25(5,6)7/h8-12,15-17,19-21H,13-14H2,1-7H3,(H,26,30)(H,27,31)(H,28,32)/t19-,20-,21-/m0/s1.